The summed E-state index contributed by atoms with van der Waals surface area (Å²) in [6, 6.07) is 0. The minimum absolute atomic E-state index is 0.169. The van der Waals surface area contributed by atoms with Crippen LogP contribution in [-0.4, -0.2) is 6.67 Å². The van der Waals surface area contributed by atoms with Gasteiger partial charge in [-0.15, -0.1) is 0 Å². The average molecular weight is 160 g/mol. The Morgan fingerprint density at radius 2 is 1.64 bits per heavy atom. The molecule has 0 spiro atoms. The third-order valence-corrected chi connectivity index (χ3v) is 2.69. The molecule has 0 heterocycles. The summed E-state index contributed by atoms with van der Waals surface area (Å²) in [6.07, 6.45) is 2.38. The van der Waals surface area contributed by atoms with Crippen molar-refractivity contribution in [1.82, 2.24) is 0 Å². The summed E-state index contributed by atoms with van der Waals surface area (Å²) < 4.78 is 12.2. The van der Waals surface area contributed by atoms with Crippen LogP contribution in [-0.2, 0) is 0 Å². The van der Waals surface area contributed by atoms with Gasteiger partial charge in [-0.1, -0.05) is 34.1 Å². The molecule has 1 heteroatoms. The summed E-state index contributed by atoms with van der Waals surface area (Å²) in [4.78, 5) is 0. The summed E-state index contributed by atoms with van der Waals surface area (Å²) in [5.74, 6) is 1.53. The third kappa shape index (κ3) is 4.39. The summed E-state index contributed by atoms with van der Waals surface area (Å²) in [7, 11) is 0. The smallest absolute Gasteiger partial charge is 0.0922 e. The van der Waals surface area contributed by atoms with Crippen molar-refractivity contribution in [2.45, 2.75) is 40.5 Å². The SMILES string of the molecule is CC[C@H](C)C[C@@H](C)[C@H](C)CF. The van der Waals surface area contributed by atoms with Crippen LogP contribution in [0, 0.1) is 17.8 Å². The fourth-order valence-corrected chi connectivity index (χ4v) is 1.19. The van der Waals surface area contributed by atoms with Gasteiger partial charge in [0.15, 0.2) is 0 Å². The van der Waals surface area contributed by atoms with E-state index in [1.165, 1.54) is 12.8 Å². The minimum Gasteiger partial charge on any atom is -0.251 e. The van der Waals surface area contributed by atoms with E-state index in [4.69, 9.17) is 0 Å². The van der Waals surface area contributed by atoms with Gasteiger partial charge in [0, 0.05) is 0 Å². The number of hydrogen-bond acceptors (Lipinski definition) is 0. The standard InChI is InChI=1S/C10H21F/c1-5-8(2)6-9(3)10(4)7-11/h8-10H,5-7H2,1-4H3/t8-,9+,10+/m0/s1. The lowest BCUT2D eigenvalue weighted by Gasteiger charge is -2.19. The van der Waals surface area contributed by atoms with E-state index in [0.717, 1.165) is 5.92 Å². The van der Waals surface area contributed by atoms with E-state index >= 15 is 0 Å². The zero-order valence-corrected chi connectivity index (χ0v) is 8.23. The average Bonchev–Trinajstić information content (AvgIpc) is 2.02. The molecule has 0 aliphatic rings. The van der Waals surface area contributed by atoms with Crippen LogP contribution in [0.25, 0.3) is 0 Å². The first-order chi connectivity index (χ1) is 5.11. The van der Waals surface area contributed by atoms with Crippen molar-refractivity contribution in [2.75, 3.05) is 6.67 Å². The van der Waals surface area contributed by atoms with Crippen molar-refractivity contribution >= 4 is 0 Å². The van der Waals surface area contributed by atoms with E-state index in [1.54, 1.807) is 0 Å². The van der Waals surface area contributed by atoms with Crippen LogP contribution < -0.4 is 0 Å². The molecule has 0 rings (SSSR count). The molecule has 0 saturated carbocycles. The van der Waals surface area contributed by atoms with E-state index in [0.29, 0.717) is 5.92 Å². The molecule has 0 aliphatic carbocycles. The van der Waals surface area contributed by atoms with Crippen molar-refractivity contribution in [3.05, 3.63) is 0 Å². The van der Waals surface area contributed by atoms with Crippen LogP contribution in [0.5, 0.6) is 0 Å². The highest BCUT2D eigenvalue weighted by atomic mass is 19.1. The summed E-state index contributed by atoms with van der Waals surface area (Å²) >= 11 is 0. The first kappa shape index (κ1) is 10.9. The van der Waals surface area contributed by atoms with Crippen molar-refractivity contribution in [3.63, 3.8) is 0 Å². The Balaban J connectivity index is 3.58. The predicted octanol–water partition coefficient (Wildman–Crippen LogP) is 3.66. The number of halogens is 1. The zero-order chi connectivity index (χ0) is 8.85. The van der Waals surface area contributed by atoms with Crippen LogP contribution in [0.1, 0.15) is 40.5 Å². The Morgan fingerprint density at radius 3 is 2.00 bits per heavy atom. The maximum absolute atomic E-state index is 12.2. The van der Waals surface area contributed by atoms with Crippen LogP contribution >= 0.6 is 0 Å². The van der Waals surface area contributed by atoms with Crippen molar-refractivity contribution in [1.29, 1.82) is 0 Å². The summed E-state index contributed by atoms with van der Waals surface area (Å²) in [6.45, 7) is 8.40. The maximum Gasteiger partial charge on any atom is 0.0922 e. The molecular formula is C10H21F. The fraction of sp³-hybridized carbons (Fsp3) is 1.00. The number of rotatable bonds is 5. The Hall–Kier alpha value is -0.0700. The largest absolute Gasteiger partial charge is 0.251 e. The quantitative estimate of drug-likeness (QED) is 0.575. The van der Waals surface area contributed by atoms with Gasteiger partial charge >= 0.3 is 0 Å². The number of alkyl halides is 1. The molecule has 0 aliphatic heterocycles. The highest BCUT2D eigenvalue weighted by Gasteiger charge is 2.13. The molecule has 0 saturated heterocycles. The van der Waals surface area contributed by atoms with Gasteiger partial charge in [0.1, 0.15) is 0 Å². The fourth-order valence-electron chi connectivity index (χ4n) is 1.19. The highest BCUT2D eigenvalue weighted by Crippen LogP contribution is 2.21. The van der Waals surface area contributed by atoms with Gasteiger partial charge < -0.3 is 0 Å². The Bertz CT molecular complexity index is 90.9. The van der Waals surface area contributed by atoms with Crippen LogP contribution in [0.15, 0.2) is 0 Å². The lowest BCUT2D eigenvalue weighted by atomic mass is 9.87. The van der Waals surface area contributed by atoms with Gasteiger partial charge in [0.05, 0.1) is 6.67 Å². The topological polar surface area (TPSA) is 0 Å². The molecule has 68 valence electrons. The van der Waals surface area contributed by atoms with Gasteiger partial charge in [-0.2, -0.15) is 0 Å². The van der Waals surface area contributed by atoms with E-state index < -0.39 is 0 Å². The molecular weight excluding hydrogens is 139 g/mol. The van der Waals surface area contributed by atoms with E-state index in [9.17, 15) is 4.39 Å². The lowest BCUT2D eigenvalue weighted by molar-refractivity contribution is 0.256. The predicted molar refractivity (Wildman–Crippen MR) is 48.4 cm³/mol. The first-order valence-corrected chi connectivity index (χ1v) is 4.67. The second-order valence-corrected chi connectivity index (χ2v) is 3.86. The van der Waals surface area contributed by atoms with Gasteiger partial charge in [-0.05, 0) is 24.2 Å². The molecule has 0 N–H and O–H groups in total. The van der Waals surface area contributed by atoms with E-state index in [-0.39, 0.29) is 12.6 Å². The second-order valence-electron chi connectivity index (χ2n) is 3.86. The lowest BCUT2D eigenvalue weighted by Crippen LogP contribution is -2.13. The normalized spacial score (nSPS) is 19.4. The molecule has 3 atom stereocenters. The van der Waals surface area contributed by atoms with Crippen LogP contribution in [0.2, 0.25) is 0 Å². The zero-order valence-electron chi connectivity index (χ0n) is 8.23. The van der Waals surface area contributed by atoms with E-state index in [1.807, 2.05) is 6.92 Å². The molecule has 0 bridgehead atoms. The Labute approximate surface area is 70.2 Å². The number of hydrogen-bond donors (Lipinski definition) is 0. The Kier molecular flexibility index (Phi) is 5.53. The molecule has 0 radical (unpaired) electrons. The molecule has 0 nitrogen and oxygen atoms in total. The van der Waals surface area contributed by atoms with Crippen LogP contribution in [0.3, 0.4) is 0 Å². The molecule has 0 aromatic heterocycles. The van der Waals surface area contributed by atoms with Crippen molar-refractivity contribution in [2.24, 2.45) is 17.8 Å². The highest BCUT2D eigenvalue weighted by molar-refractivity contribution is 4.63. The minimum atomic E-state index is -0.169. The van der Waals surface area contributed by atoms with E-state index in [2.05, 4.69) is 20.8 Å². The third-order valence-electron chi connectivity index (χ3n) is 2.69. The maximum atomic E-state index is 12.2. The molecule has 0 aromatic rings. The van der Waals surface area contributed by atoms with Gasteiger partial charge in [-0.25, -0.2) is 0 Å². The summed E-state index contributed by atoms with van der Waals surface area (Å²) in [5, 5.41) is 0. The van der Waals surface area contributed by atoms with Crippen molar-refractivity contribution < 1.29 is 4.39 Å². The molecule has 0 amide bonds. The molecule has 11 heavy (non-hydrogen) atoms. The van der Waals surface area contributed by atoms with Gasteiger partial charge in [-0.3, -0.25) is 4.39 Å². The van der Waals surface area contributed by atoms with Crippen molar-refractivity contribution in [3.8, 4) is 0 Å². The second kappa shape index (κ2) is 5.56. The molecule has 0 aromatic carbocycles. The molecule has 0 fully saturated rings. The monoisotopic (exact) mass is 160 g/mol. The van der Waals surface area contributed by atoms with Crippen LogP contribution in [0.4, 0.5) is 4.39 Å². The summed E-state index contributed by atoms with van der Waals surface area (Å²) in [5.41, 5.74) is 0. The van der Waals surface area contributed by atoms with Gasteiger partial charge in [0.2, 0.25) is 0 Å². The Morgan fingerprint density at radius 1 is 1.09 bits per heavy atom. The first-order valence-electron chi connectivity index (χ1n) is 4.67. The van der Waals surface area contributed by atoms with Gasteiger partial charge in [0.25, 0.3) is 0 Å². The molecule has 0 unspecified atom stereocenters.